The summed E-state index contributed by atoms with van der Waals surface area (Å²) in [5.74, 6) is -0.163. The zero-order valence-corrected chi connectivity index (χ0v) is 11.7. The number of likely N-dealkylation sites (N-methyl/N-ethyl adjacent to an activating group) is 1. The average molecular weight is 277 g/mol. The minimum Gasteiger partial charge on any atom is -0.397 e. The summed E-state index contributed by atoms with van der Waals surface area (Å²) in [6.45, 7) is 0.668. The van der Waals surface area contributed by atoms with Crippen LogP contribution >= 0.6 is 0 Å². The Bertz CT molecular complexity index is 544. The van der Waals surface area contributed by atoms with Gasteiger partial charge in [-0.1, -0.05) is 0 Å². The Morgan fingerprint density at radius 3 is 2.75 bits per heavy atom. The molecule has 0 bridgehead atoms. The summed E-state index contributed by atoms with van der Waals surface area (Å²) < 4.78 is 0. The quantitative estimate of drug-likeness (QED) is 0.797. The lowest BCUT2D eigenvalue weighted by Crippen LogP contribution is -2.43. The number of carbonyl (C=O) groups is 2. The lowest BCUT2D eigenvalue weighted by molar-refractivity contribution is -0.129. The molecule has 1 unspecified atom stereocenters. The first-order valence-electron chi connectivity index (χ1n) is 6.45. The fourth-order valence-corrected chi connectivity index (χ4v) is 2.46. The summed E-state index contributed by atoms with van der Waals surface area (Å²) in [5.41, 5.74) is 11.6. The van der Waals surface area contributed by atoms with Gasteiger partial charge in [0, 0.05) is 20.6 Å². The Balaban J connectivity index is 2.40. The molecule has 1 atom stereocenters. The van der Waals surface area contributed by atoms with Crippen LogP contribution in [0.3, 0.4) is 0 Å². The highest BCUT2D eigenvalue weighted by Crippen LogP contribution is 2.28. The molecule has 1 aromatic heterocycles. The number of hydrogen-bond acceptors (Lipinski definition) is 5. The number of pyridine rings is 1. The molecule has 20 heavy (non-hydrogen) atoms. The normalized spacial score (nSPS) is 18.1. The van der Waals surface area contributed by atoms with Gasteiger partial charge in [0.1, 0.15) is 11.9 Å². The summed E-state index contributed by atoms with van der Waals surface area (Å²) in [5, 5.41) is 0. The van der Waals surface area contributed by atoms with Crippen LogP contribution in [0.1, 0.15) is 23.2 Å². The van der Waals surface area contributed by atoms with E-state index in [2.05, 4.69) is 4.98 Å². The lowest BCUT2D eigenvalue weighted by Gasteiger charge is -2.28. The topological polar surface area (TPSA) is 106 Å². The third-order valence-corrected chi connectivity index (χ3v) is 3.40. The second kappa shape index (κ2) is 5.36. The predicted molar refractivity (Wildman–Crippen MR) is 76.2 cm³/mol. The number of nitrogens with zero attached hydrogens (tertiary/aromatic N) is 3. The molecular formula is C13H19N5O2. The number of carbonyl (C=O) groups excluding carboxylic acids is 2. The maximum atomic E-state index is 12.2. The molecule has 1 aliphatic heterocycles. The lowest BCUT2D eigenvalue weighted by atomic mass is 10.1. The highest BCUT2D eigenvalue weighted by molar-refractivity contribution is 5.99. The van der Waals surface area contributed by atoms with E-state index < -0.39 is 5.91 Å². The predicted octanol–water partition coefficient (Wildman–Crippen LogP) is -0.180. The van der Waals surface area contributed by atoms with Crippen molar-refractivity contribution in [3.63, 3.8) is 0 Å². The van der Waals surface area contributed by atoms with Crippen molar-refractivity contribution in [2.75, 3.05) is 31.3 Å². The molecule has 108 valence electrons. The van der Waals surface area contributed by atoms with Crippen LogP contribution in [-0.2, 0) is 4.79 Å². The maximum absolute atomic E-state index is 12.2. The molecule has 0 aromatic carbocycles. The fourth-order valence-electron chi connectivity index (χ4n) is 2.46. The number of anilines is 2. The summed E-state index contributed by atoms with van der Waals surface area (Å²) in [7, 11) is 3.43. The van der Waals surface area contributed by atoms with Crippen molar-refractivity contribution >= 4 is 23.3 Å². The Morgan fingerprint density at radius 2 is 2.15 bits per heavy atom. The van der Waals surface area contributed by atoms with E-state index in [0.29, 0.717) is 18.1 Å². The standard InChI is InChI=1S/C13H19N5O2/c1-17(2)13(20)10-4-3-5-18(10)12-9(11(15)19)6-8(14)7-16-12/h6-7,10H,3-5,14H2,1-2H3,(H2,15,19). The van der Waals surface area contributed by atoms with Crippen molar-refractivity contribution < 1.29 is 9.59 Å². The van der Waals surface area contributed by atoms with Crippen LogP contribution in [0.2, 0.25) is 0 Å². The molecule has 2 heterocycles. The number of hydrogen-bond donors (Lipinski definition) is 2. The second-order valence-electron chi connectivity index (χ2n) is 5.09. The number of nitrogen functional groups attached to an aromatic ring is 1. The van der Waals surface area contributed by atoms with Crippen LogP contribution in [0.5, 0.6) is 0 Å². The Labute approximate surface area is 117 Å². The first kappa shape index (κ1) is 14.1. The molecular weight excluding hydrogens is 258 g/mol. The van der Waals surface area contributed by atoms with Crippen molar-refractivity contribution in [2.45, 2.75) is 18.9 Å². The van der Waals surface area contributed by atoms with Gasteiger partial charge in [-0.3, -0.25) is 9.59 Å². The first-order valence-corrected chi connectivity index (χ1v) is 6.45. The van der Waals surface area contributed by atoms with Crippen LogP contribution in [0.15, 0.2) is 12.3 Å². The summed E-state index contributed by atoms with van der Waals surface area (Å²) >= 11 is 0. The van der Waals surface area contributed by atoms with Gasteiger partial charge in [-0.05, 0) is 18.9 Å². The monoisotopic (exact) mass is 277 g/mol. The third kappa shape index (κ3) is 2.52. The smallest absolute Gasteiger partial charge is 0.252 e. The third-order valence-electron chi connectivity index (χ3n) is 3.40. The molecule has 2 rings (SSSR count). The van der Waals surface area contributed by atoms with Crippen molar-refractivity contribution in [1.82, 2.24) is 9.88 Å². The molecule has 4 N–H and O–H groups in total. The van der Waals surface area contributed by atoms with Crippen molar-refractivity contribution in [1.29, 1.82) is 0 Å². The zero-order valence-electron chi connectivity index (χ0n) is 11.7. The fraction of sp³-hybridized carbons (Fsp3) is 0.462. The summed E-state index contributed by atoms with van der Waals surface area (Å²) in [4.78, 5) is 31.3. The highest BCUT2D eigenvalue weighted by atomic mass is 16.2. The van der Waals surface area contributed by atoms with Crippen LogP contribution in [0.25, 0.3) is 0 Å². The maximum Gasteiger partial charge on any atom is 0.252 e. The van der Waals surface area contributed by atoms with Gasteiger partial charge < -0.3 is 21.3 Å². The number of amides is 2. The minimum atomic E-state index is -0.595. The SMILES string of the molecule is CN(C)C(=O)C1CCCN1c1ncc(N)cc1C(N)=O. The van der Waals surface area contributed by atoms with Gasteiger partial charge in [0.05, 0.1) is 17.4 Å². The van der Waals surface area contributed by atoms with E-state index in [0.717, 1.165) is 12.8 Å². The van der Waals surface area contributed by atoms with Crippen molar-refractivity contribution in [2.24, 2.45) is 5.73 Å². The van der Waals surface area contributed by atoms with Crippen LogP contribution < -0.4 is 16.4 Å². The Hall–Kier alpha value is -2.31. The van der Waals surface area contributed by atoms with E-state index in [1.807, 2.05) is 4.90 Å². The van der Waals surface area contributed by atoms with Crippen molar-refractivity contribution in [3.05, 3.63) is 17.8 Å². The molecule has 7 heteroatoms. The van der Waals surface area contributed by atoms with Gasteiger partial charge >= 0.3 is 0 Å². The van der Waals surface area contributed by atoms with E-state index in [9.17, 15) is 9.59 Å². The molecule has 0 spiro atoms. The van der Waals surface area contributed by atoms with Gasteiger partial charge in [-0.25, -0.2) is 4.98 Å². The molecule has 7 nitrogen and oxygen atoms in total. The van der Waals surface area contributed by atoms with E-state index >= 15 is 0 Å². The van der Waals surface area contributed by atoms with Gasteiger partial charge in [0.25, 0.3) is 5.91 Å². The Morgan fingerprint density at radius 1 is 1.45 bits per heavy atom. The number of aromatic nitrogens is 1. The Kier molecular flexibility index (Phi) is 3.78. The summed E-state index contributed by atoms with van der Waals surface area (Å²) in [6, 6.07) is 1.19. The van der Waals surface area contributed by atoms with Gasteiger partial charge in [-0.2, -0.15) is 0 Å². The number of nitrogens with two attached hydrogens (primary N) is 2. The van der Waals surface area contributed by atoms with E-state index in [1.165, 1.54) is 12.3 Å². The molecule has 0 aliphatic carbocycles. The van der Waals surface area contributed by atoms with E-state index in [4.69, 9.17) is 11.5 Å². The molecule has 1 aromatic rings. The van der Waals surface area contributed by atoms with Gasteiger partial charge in [0.2, 0.25) is 5.91 Å². The molecule has 1 aliphatic rings. The van der Waals surface area contributed by atoms with Crippen LogP contribution in [0.4, 0.5) is 11.5 Å². The van der Waals surface area contributed by atoms with E-state index in [1.54, 1.807) is 19.0 Å². The molecule has 0 radical (unpaired) electrons. The van der Waals surface area contributed by atoms with Gasteiger partial charge in [0.15, 0.2) is 0 Å². The highest BCUT2D eigenvalue weighted by Gasteiger charge is 2.34. The molecule has 0 saturated carbocycles. The zero-order chi connectivity index (χ0) is 14.9. The largest absolute Gasteiger partial charge is 0.397 e. The first-order chi connectivity index (χ1) is 9.41. The van der Waals surface area contributed by atoms with Crippen LogP contribution in [-0.4, -0.2) is 48.4 Å². The molecule has 1 fully saturated rings. The second-order valence-corrected chi connectivity index (χ2v) is 5.09. The number of primary amides is 1. The summed E-state index contributed by atoms with van der Waals surface area (Å²) in [6.07, 6.45) is 3.08. The van der Waals surface area contributed by atoms with Crippen LogP contribution in [0, 0.1) is 0 Å². The van der Waals surface area contributed by atoms with Gasteiger partial charge in [-0.15, -0.1) is 0 Å². The molecule has 1 saturated heterocycles. The van der Waals surface area contributed by atoms with E-state index in [-0.39, 0.29) is 17.5 Å². The number of rotatable bonds is 3. The molecule has 2 amide bonds. The minimum absolute atomic E-state index is 0.00320. The van der Waals surface area contributed by atoms with Crippen molar-refractivity contribution in [3.8, 4) is 0 Å². The average Bonchev–Trinajstić information content (AvgIpc) is 2.86.